The standard InChI is InChI=1S/C13H23NO8/c1-6-9(10(17)11(18)13(20-3)21-6)14-12(19)8(4-5-15)22-7(2)16/h6,8-11,13,15,17-18H,4-5H2,1-3H3,(H,14,19)/t6-,8+,9-,10+,11+,13+/m1/s1. The van der Waals surface area contributed by atoms with Crippen molar-refractivity contribution in [1.29, 1.82) is 0 Å². The number of carbonyl (C=O) groups excluding carboxylic acids is 2. The smallest absolute Gasteiger partial charge is 0.303 e. The van der Waals surface area contributed by atoms with E-state index in [-0.39, 0.29) is 13.0 Å². The molecule has 6 atom stereocenters. The van der Waals surface area contributed by atoms with Gasteiger partial charge >= 0.3 is 5.97 Å². The maximum Gasteiger partial charge on any atom is 0.303 e. The third-order valence-electron chi connectivity index (χ3n) is 3.38. The normalized spacial score (nSPS) is 33.1. The predicted octanol–water partition coefficient (Wildman–Crippen LogP) is -2.10. The number of ether oxygens (including phenoxy) is 3. The molecule has 0 unspecified atom stereocenters. The topological polar surface area (TPSA) is 135 Å². The highest BCUT2D eigenvalue weighted by Crippen LogP contribution is 2.21. The highest BCUT2D eigenvalue weighted by atomic mass is 16.7. The second kappa shape index (κ2) is 8.39. The lowest BCUT2D eigenvalue weighted by Gasteiger charge is -2.41. The zero-order valence-corrected chi connectivity index (χ0v) is 12.8. The molecule has 1 saturated heterocycles. The van der Waals surface area contributed by atoms with Gasteiger partial charge in [-0.15, -0.1) is 0 Å². The Hall–Kier alpha value is -1.26. The Balaban J connectivity index is 2.74. The molecule has 9 heteroatoms. The molecular weight excluding hydrogens is 298 g/mol. The number of rotatable bonds is 6. The Morgan fingerprint density at radius 2 is 1.95 bits per heavy atom. The van der Waals surface area contributed by atoms with Crippen molar-refractivity contribution in [2.24, 2.45) is 0 Å². The molecule has 9 nitrogen and oxygen atoms in total. The minimum Gasteiger partial charge on any atom is -0.452 e. The van der Waals surface area contributed by atoms with Crippen LogP contribution in [0.1, 0.15) is 20.3 Å². The molecule has 22 heavy (non-hydrogen) atoms. The van der Waals surface area contributed by atoms with Crippen LogP contribution in [0.2, 0.25) is 0 Å². The molecule has 1 aliphatic heterocycles. The summed E-state index contributed by atoms with van der Waals surface area (Å²) in [6.07, 6.45) is -5.55. The zero-order valence-electron chi connectivity index (χ0n) is 12.8. The minimum absolute atomic E-state index is 0.0767. The summed E-state index contributed by atoms with van der Waals surface area (Å²) < 4.78 is 15.1. The molecule has 0 aliphatic carbocycles. The maximum atomic E-state index is 12.1. The van der Waals surface area contributed by atoms with Crippen molar-refractivity contribution in [3.8, 4) is 0 Å². The van der Waals surface area contributed by atoms with Crippen LogP contribution in [0.25, 0.3) is 0 Å². The molecule has 4 N–H and O–H groups in total. The molecule has 0 spiro atoms. The van der Waals surface area contributed by atoms with Gasteiger partial charge in [0.2, 0.25) is 0 Å². The van der Waals surface area contributed by atoms with Gasteiger partial charge in [-0.05, 0) is 6.92 Å². The second-order valence-electron chi connectivity index (χ2n) is 5.07. The Kier molecular flexibility index (Phi) is 7.17. The molecule has 0 saturated carbocycles. The number of aliphatic hydroxyl groups is 3. The molecule has 0 aromatic rings. The molecule has 1 heterocycles. The summed E-state index contributed by atoms with van der Waals surface area (Å²) in [5, 5.41) is 31.3. The third kappa shape index (κ3) is 4.62. The molecule has 1 fully saturated rings. The van der Waals surface area contributed by atoms with E-state index in [2.05, 4.69) is 5.32 Å². The molecule has 128 valence electrons. The lowest BCUT2D eigenvalue weighted by Crippen LogP contribution is -2.64. The van der Waals surface area contributed by atoms with Gasteiger partial charge in [0.15, 0.2) is 12.4 Å². The summed E-state index contributed by atoms with van der Waals surface area (Å²) in [4.78, 5) is 23.1. The van der Waals surface area contributed by atoms with Gasteiger partial charge in [0, 0.05) is 27.1 Å². The van der Waals surface area contributed by atoms with Gasteiger partial charge < -0.3 is 34.8 Å². The van der Waals surface area contributed by atoms with Gasteiger partial charge in [-0.25, -0.2) is 0 Å². The number of carbonyl (C=O) groups is 2. The van der Waals surface area contributed by atoms with E-state index in [1.54, 1.807) is 6.92 Å². The summed E-state index contributed by atoms with van der Waals surface area (Å²) in [6.45, 7) is 2.39. The minimum atomic E-state index is -1.34. The number of aliphatic hydroxyl groups excluding tert-OH is 3. The van der Waals surface area contributed by atoms with Gasteiger partial charge in [-0.2, -0.15) is 0 Å². The van der Waals surface area contributed by atoms with Crippen molar-refractivity contribution in [3.05, 3.63) is 0 Å². The van der Waals surface area contributed by atoms with Crippen LogP contribution in [0.5, 0.6) is 0 Å². The summed E-state index contributed by atoms with van der Waals surface area (Å²) in [5.74, 6) is -1.35. The summed E-state index contributed by atoms with van der Waals surface area (Å²) in [6, 6.07) is -0.911. The first-order valence-electron chi connectivity index (χ1n) is 6.94. The van der Waals surface area contributed by atoms with E-state index in [1.165, 1.54) is 7.11 Å². The van der Waals surface area contributed by atoms with E-state index in [1.807, 2.05) is 0 Å². The quantitative estimate of drug-likeness (QED) is 0.409. The second-order valence-corrected chi connectivity index (χ2v) is 5.07. The van der Waals surface area contributed by atoms with Crippen LogP contribution in [-0.4, -0.2) is 77.7 Å². The van der Waals surface area contributed by atoms with E-state index in [0.717, 1.165) is 6.92 Å². The largest absolute Gasteiger partial charge is 0.452 e. The van der Waals surface area contributed by atoms with E-state index in [9.17, 15) is 19.8 Å². The van der Waals surface area contributed by atoms with E-state index >= 15 is 0 Å². The fourth-order valence-corrected chi connectivity index (χ4v) is 2.24. The van der Waals surface area contributed by atoms with Crippen LogP contribution >= 0.6 is 0 Å². The zero-order chi connectivity index (χ0) is 16.9. The Bertz CT molecular complexity index is 390. The van der Waals surface area contributed by atoms with Gasteiger partial charge in [-0.3, -0.25) is 9.59 Å². The van der Waals surface area contributed by atoms with E-state index < -0.39 is 48.6 Å². The molecule has 1 amide bonds. The number of methoxy groups -OCH3 is 1. The van der Waals surface area contributed by atoms with E-state index in [4.69, 9.17) is 19.3 Å². The van der Waals surface area contributed by atoms with Crippen LogP contribution in [0.3, 0.4) is 0 Å². The van der Waals surface area contributed by atoms with Crippen LogP contribution in [-0.2, 0) is 23.8 Å². The number of amides is 1. The molecular formula is C13H23NO8. The molecule has 0 bridgehead atoms. The van der Waals surface area contributed by atoms with Gasteiger partial charge in [0.1, 0.15) is 12.2 Å². The first-order valence-corrected chi connectivity index (χ1v) is 6.94. The summed E-state index contributed by atoms with van der Waals surface area (Å²) in [5.41, 5.74) is 0. The van der Waals surface area contributed by atoms with Crippen molar-refractivity contribution in [2.45, 2.75) is 57.0 Å². The highest BCUT2D eigenvalue weighted by Gasteiger charge is 2.44. The molecule has 1 rings (SSSR count). The molecule has 0 radical (unpaired) electrons. The highest BCUT2D eigenvalue weighted by molar-refractivity contribution is 5.83. The number of hydrogen-bond donors (Lipinski definition) is 4. The summed E-state index contributed by atoms with van der Waals surface area (Å²) in [7, 11) is 1.32. The van der Waals surface area contributed by atoms with Crippen molar-refractivity contribution in [3.63, 3.8) is 0 Å². The first kappa shape index (κ1) is 18.8. The van der Waals surface area contributed by atoms with Crippen molar-refractivity contribution >= 4 is 11.9 Å². The number of esters is 1. The fourth-order valence-electron chi connectivity index (χ4n) is 2.24. The van der Waals surface area contributed by atoms with Crippen LogP contribution in [0.4, 0.5) is 0 Å². The SMILES string of the molecule is CO[C@H]1O[C@H](C)[C@@H](NC(=O)[C@H](CCO)OC(C)=O)[C@H](O)[C@@H]1O. The third-order valence-corrected chi connectivity index (χ3v) is 3.38. The molecule has 1 aliphatic rings. The average Bonchev–Trinajstić information content (AvgIpc) is 2.46. The van der Waals surface area contributed by atoms with E-state index in [0.29, 0.717) is 0 Å². The van der Waals surface area contributed by atoms with Crippen LogP contribution < -0.4 is 5.32 Å². The molecule has 0 aromatic heterocycles. The maximum absolute atomic E-state index is 12.1. The lowest BCUT2D eigenvalue weighted by molar-refractivity contribution is -0.263. The Morgan fingerprint density at radius 3 is 2.45 bits per heavy atom. The Labute approximate surface area is 128 Å². The van der Waals surface area contributed by atoms with Crippen molar-refractivity contribution < 1.29 is 39.1 Å². The first-order chi connectivity index (χ1) is 10.3. The van der Waals surface area contributed by atoms with Gasteiger partial charge in [0.25, 0.3) is 5.91 Å². The fraction of sp³-hybridized carbons (Fsp3) is 0.846. The van der Waals surface area contributed by atoms with Crippen molar-refractivity contribution in [2.75, 3.05) is 13.7 Å². The number of nitrogens with one attached hydrogen (secondary N) is 1. The predicted molar refractivity (Wildman–Crippen MR) is 72.5 cm³/mol. The monoisotopic (exact) mass is 321 g/mol. The summed E-state index contributed by atoms with van der Waals surface area (Å²) >= 11 is 0. The van der Waals surface area contributed by atoms with Gasteiger partial charge in [-0.1, -0.05) is 0 Å². The average molecular weight is 321 g/mol. The van der Waals surface area contributed by atoms with Crippen molar-refractivity contribution in [1.82, 2.24) is 5.32 Å². The lowest BCUT2D eigenvalue weighted by atomic mass is 9.96. The Morgan fingerprint density at radius 1 is 1.32 bits per heavy atom. The van der Waals surface area contributed by atoms with Crippen LogP contribution in [0.15, 0.2) is 0 Å². The molecule has 0 aromatic carbocycles. The number of hydrogen-bond acceptors (Lipinski definition) is 8. The van der Waals surface area contributed by atoms with Crippen LogP contribution in [0, 0.1) is 0 Å². The van der Waals surface area contributed by atoms with Gasteiger partial charge in [0.05, 0.1) is 12.1 Å².